The van der Waals surface area contributed by atoms with Crippen molar-refractivity contribution in [3.8, 4) is 0 Å². The van der Waals surface area contributed by atoms with Crippen molar-refractivity contribution in [2.24, 2.45) is 0 Å². The normalized spacial score (nSPS) is 14.7. The number of anilines is 2. The van der Waals surface area contributed by atoms with Gasteiger partial charge in [-0.2, -0.15) is 0 Å². The second-order valence-corrected chi connectivity index (χ2v) is 7.14. The summed E-state index contributed by atoms with van der Waals surface area (Å²) in [6.45, 7) is 11.9. The zero-order chi connectivity index (χ0) is 18.7. The topological polar surface area (TPSA) is 46.5 Å². The van der Waals surface area contributed by atoms with E-state index in [-0.39, 0.29) is 5.78 Å². The van der Waals surface area contributed by atoms with E-state index in [1.807, 2.05) is 31.2 Å². The molecule has 0 unspecified atom stereocenters. The summed E-state index contributed by atoms with van der Waals surface area (Å²) in [5, 5.41) is 3.35. The average Bonchev–Trinajstić information content (AvgIpc) is 2.95. The van der Waals surface area contributed by atoms with Crippen LogP contribution in [0, 0.1) is 13.8 Å². The maximum atomic E-state index is 12.8. The van der Waals surface area contributed by atoms with Crippen LogP contribution in [0.1, 0.15) is 41.6 Å². The van der Waals surface area contributed by atoms with E-state index >= 15 is 0 Å². The molecule has 1 fully saturated rings. The van der Waals surface area contributed by atoms with Crippen LogP contribution in [0.25, 0.3) is 0 Å². The number of ketones is 1. The molecule has 2 aromatic rings. The van der Waals surface area contributed by atoms with Crippen LogP contribution in [0.5, 0.6) is 0 Å². The molecule has 0 aliphatic carbocycles. The number of nitrogens with zero attached hydrogens (tertiary/aromatic N) is 2. The Morgan fingerprint density at radius 1 is 1.19 bits per heavy atom. The third-order valence-corrected chi connectivity index (χ3v) is 5.00. The standard InChI is InChI=1S/C21H29N3O2/c1-15(2)24-16(3)13-18(17(24)4)21(25)14-22-19-7-5-6-8-20(19)23-9-11-26-12-10-23/h5-8,13,15,22H,9-12,14H2,1-4H3. The first-order chi connectivity index (χ1) is 12.5. The third-order valence-electron chi connectivity index (χ3n) is 5.00. The number of hydrogen-bond acceptors (Lipinski definition) is 4. The third kappa shape index (κ3) is 3.78. The molecule has 3 rings (SSSR count). The zero-order valence-corrected chi connectivity index (χ0v) is 16.2. The predicted octanol–water partition coefficient (Wildman–Crippen LogP) is 3.82. The number of benzene rings is 1. The molecule has 1 saturated heterocycles. The van der Waals surface area contributed by atoms with Gasteiger partial charge in [-0.3, -0.25) is 4.79 Å². The lowest BCUT2D eigenvalue weighted by molar-refractivity contribution is 0.101. The smallest absolute Gasteiger partial charge is 0.183 e. The van der Waals surface area contributed by atoms with Crippen LogP contribution >= 0.6 is 0 Å². The number of carbonyl (C=O) groups excluding carboxylic acids is 1. The van der Waals surface area contributed by atoms with Gasteiger partial charge in [0, 0.05) is 36.1 Å². The van der Waals surface area contributed by atoms with Crippen molar-refractivity contribution < 1.29 is 9.53 Å². The SMILES string of the molecule is Cc1cc(C(=O)CNc2ccccc2N2CCOCC2)c(C)n1C(C)C. The molecule has 2 heterocycles. The first-order valence-electron chi connectivity index (χ1n) is 9.36. The van der Waals surface area contributed by atoms with E-state index in [1.165, 1.54) is 0 Å². The largest absolute Gasteiger partial charge is 0.378 e. The molecule has 0 saturated carbocycles. The number of para-hydroxylation sites is 2. The van der Waals surface area contributed by atoms with Gasteiger partial charge in [0.15, 0.2) is 5.78 Å². The lowest BCUT2D eigenvalue weighted by Crippen LogP contribution is -2.36. The second-order valence-electron chi connectivity index (χ2n) is 7.14. The molecule has 5 heteroatoms. The highest BCUT2D eigenvalue weighted by Crippen LogP contribution is 2.27. The number of nitrogens with one attached hydrogen (secondary N) is 1. The number of hydrogen-bond donors (Lipinski definition) is 1. The van der Waals surface area contributed by atoms with Gasteiger partial charge in [0.2, 0.25) is 0 Å². The van der Waals surface area contributed by atoms with Gasteiger partial charge >= 0.3 is 0 Å². The van der Waals surface area contributed by atoms with E-state index in [9.17, 15) is 4.79 Å². The van der Waals surface area contributed by atoms with Crippen LogP contribution in [-0.4, -0.2) is 43.2 Å². The summed E-state index contributed by atoms with van der Waals surface area (Å²) in [4.78, 5) is 15.1. The average molecular weight is 355 g/mol. The van der Waals surface area contributed by atoms with Crippen molar-refractivity contribution in [3.05, 3.63) is 47.3 Å². The maximum absolute atomic E-state index is 12.8. The predicted molar refractivity (Wildman–Crippen MR) is 107 cm³/mol. The van der Waals surface area contributed by atoms with Crippen LogP contribution in [-0.2, 0) is 4.74 Å². The van der Waals surface area contributed by atoms with Crippen LogP contribution in [0.2, 0.25) is 0 Å². The Kier molecular flexibility index (Phi) is 5.67. The first kappa shape index (κ1) is 18.5. The lowest BCUT2D eigenvalue weighted by Gasteiger charge is -2.30. The van der Waals surface area contributed by atoms with Crippen molar-refractivity contribution in [1.29, 1.82) is 0 Å². The van der Waals surface area contributed by atoms with Gasteiger partial charge in [-0.1, -0.05) is 12.1 Å². The Hall–Kier alpha value is -2.27. The fraction of sp³-hybridized carbons (Fsp3) is 0.476. The highest BCUT2D eigenvalue weighted by atomic mass is 16.5. The number of carbonyl (C=O) groups is 1. The summed E-state index contributed by atoms with van der Waals surface area (Å²) < 4.78 is 7.66. The molecule has 0 bridgehead atoms. The number of rotatable bonds is 6. The molecule has 5 nitrogen and oxygen atoms in total. The van der Waals surface area contributed by atoms with Gasteiger partial charge in [-0.15, -0.1) is 0 Å². The highest BCUT2D eigenvalue weighted by Gasteiger charge is 2.18. The number of morpholine rings is 1. The molecule has 140 valence electrons. The second kappa shape index (κ2) is 7.96. The molecule has 0 atom stereocenters. The molecule has 1 aliphatic heterocycles. The molecule has 1 aromatic carbocycles. The number of ether oxygens (including phenoxy) is 1. The fourth-order valence-electron chi connectivity index (χ4n) is 3.83. The van der Waals surface area contributed by atoms with Crippen LogP contribution in [0.3, 0.4) is 0 Å². The van der Waals surface area contributed by atoms with E-state index in [1.54, 1.807) is 0 Å². The molecule has 1 aromatic heterocycles. The minimum atomic E-state index is 0.127. The van der Waals surface area contributed by atoms with Crippen LogP contribution in [0.15, 0.2) is 30.3 Å². The molecule has 0 radical (unpaired) electrons. The van der Waals surface area contributed by atoms with Crippen molar-refractivity contribution in [2.75, 3.05) is 43.1 Å². The molecule has 1 N–H and O–H groups in total. The van der Waals surface area contributed by atoms with Crippen molar-refractivity contribution in [2.45, 2.75) is 33.7 Å². The summed E-state index contributed by atoms with van der Waals surface area (Å²) in [5.74, 6) is 0.127. The monoisotopic (exact) mass is 355 g/mol. The Morgan fingerprint density at radius 3 is 2.54 bits per heavy atom. The summed E-state index contributed by atoms with van der Waals surface area (Å²) in [7, 11) is 0. The van der Waals surface area contributed by atoms with Crippen LogP contribution in [0.4, 0.5) is 11.4 Å². The number of aryl methyl sites for hydroxylation is 1. The maximum Gasteiger partial charge on any atom is 0.183 e. The number of Topliss-reactive ketones (excluding diaryl/α,β-unsaturated/α-hetero) is 1. The van der Waals surface area contributed by atoms with E-state index in [0.29, 0.717) is 12.6 Å². The minimum Gasteiger partial charge on any atom is -0.378 e. The Balaban J connectivity index is 1.74. The van der Waals surface area contributed by atoms with E-state index in [2.05, 4.69) is 41.6 Å². The first-order valence-corrected chi connectivity index (χ1v) is 9.36. The van der Waals surface area contributed by atoms with Gasteiger partial charge in [0.1, 0.15) is 0 Å². The molecular weight excluding hydrogens is 326 g/mol. The fourth-order valence-corrected chi connectivity index (χ4v) is 3.83. The summed E-state index contributed by atoms with van der Waals surface area (Å²) >= 11 is 0. The Labute approximate surface area is 156 Å². The summed E-state index contributed by atoms with van der Waals surface area (Å²) in [5.41, 5.74) is 5.13. The summed E-state index contributed by atoms with van der Waals surface area (Å²) in [6.07, 6.45) is 0. The molecule has 0 amide bonds. The van der Waals surface area contributed by atoms with Crippen molar-refractivity contribution >= 4 is 17.2 Å². The van der Waals surface area contributed by atoms with Gasteiger partial charge < -0.3 is 19.5 Å². The number of aromatic nitrogens is 1. The molecule has 26 heavy (non-hydrogen) atoms. The van der Waals surface area contributed by atoms with Crippen molar-refractivity contribution in [1.82, 2.24) is 4.57 Å². The molecule has 1 aliphatic rings. The van der Waals surface area contributed by atoms with Gasteiger partial charge in [-0.25, -0.2) is 0 Å². The highest BCUT2D eigenvalue weighted by molar-refractivity contribution is 6.00. The molecular formula is C21H29N3O2. The van der Waals surface area contributed by atoms with Crippen molar-refractivity contribution in [3.63, 3.8) is 0 Å². The van der Waals surface area contributed by atoms with E-state index in [4.69, 9.17) is 4.74 Å². The van der Waals surface area contributed by atoms with E-state index in [0.717, 1.165) is 54.6 Å². The molecule has 0 spiro atoms. The quantitative estimate of drug-likeness (QED) is 0.800. The Morgan fingerprint density at radius 2 is 1.88 bits per heavy atom. The minimum absolute atomic E-state index is 0.127. The van der Waals surface area contributed by atoms with Crippen LogP contribution < -0.4 is 10.2 Å². The van der Waals surface area contributed by atoms with Gasteiger partial charge in [0.05, 0.1) is 31.1 Å². The lowest BCUT2D eigenvalue weighted by atomic mass is 10.1. The van der Waals surface area contributed by atoms with E-state index < -0.39 is 0 Å². The zero-order valence-electron chi connectivity index (χ0n) is 16.2. The van der Waals surface area contributed by atoms with Gasteiger partial charge in [-0.05, 0) is 45.9 Å². The Bertz CT molecular complexity index is 774. The summed E-state index contributed by atoms with van der Waals surface area (Å²) in [6, 6.07) is 10.5. The van der Waals surface area contributed by atoms with Gasteiger partial charge in [0.25, 0.3) is 0 Å².